The molecule has 0 aliphatic carbocycles. The first kappa shape index (κ1) is 13.6. The Kier molecular flexibility index (Phi) is 4.05. The van der Waals surface area contributed by atoms with E-state index in [1.807, 2.05) is 11.1 Å². The Hall–Kier alpha value is -1.36. The molecule has 0 bridgehead atoms. The number of hydrogen-bond donors (Lipinski definition) is 0. The smallest absolute Gasteiger partial charge is 0.236 e. The van der Waals surface area contributed by atoms with Crippen LogP contribution in [0.5, 0.6) is 0 Å². The van der Waals surface area contributed by atoms with Gasteiger partial charge in [0.1, 0.15) is 5.82 Å². The number of aryl methyl sites for hydroxylation is 1. The summed E-state index contributed by atoms with van der Waals surface area (Å²) < 4.78 is 2.25. The summed E-state index contributed by atoms with van der Waals surface area (Å²) in [6, 6.07) is 0. The molecule has 1 amide bonds. The highest BCUT2D eigenvalue weighted by Gasteiger charge is 2.23. The van der Waals surface area contributed by atoms with E-state index in [0.717, 1.165) is 32.6 Å². The maximum absolute atomic E-state index is 12.1. The minimum Gasteiger partial charge on any atom is -0.342 e. The van der Waals surface area contributed by atoms with Gasteiger partial charge in [0.25, 0.3) is 0 Å². The van der Waals surface area contributed by atoms with Crippen molar-refractivity contribution >= 4 is 5.91 Å². The van der Waals surface area contributed by atoms with Crippen LogP contribution in [0.1, 0.15) is 25.1 Å². The number of rotatable bonds is 4. The van der Waals surface area contributed by atoms with Crippen LogP contribution in [0.4, 0.5) is 0 Å². The molecule has 1 aromatic rings. The van der Waals surface area contributed by atoms with Crippen LogP contribution < -0.4 is 0 Å². The molecule has 2 aliphatic heterocycles. The molecule has 3 rings (SSSR count). The number of likely N-dealkylation sites (tertiary alicyclic amines) is 1. The lowest BCUT2D eigenvalue weighted by Gasteiger charge is -2.28. The highest BCUT2D eigenvalue weighted by Crippen LogP contribution is 2.19. The van der Waals surface area contributed by atoms with Gasteiger partial charge in [-0.2, -0.15) is 0 Å². The molecular formula is C15H24N4O. The number of imidazole rings is 1. The van der Waals surface area contributed by atoms with E-state index in [4.69, 9.17) is 0 Å². The predicted octanol–water partition coefficient (Wildman–Crippen LogP) is 1.000. The Bertz CT molecular complexity index is 464. The van der Waals surface area contributed by atoms with Gasteiger partial charge in [-0.1, -0.05) is 0 Å². The van der Waals surface area contributed by atoms with E-state index in [9.17, 15) is 4.79 Å². The predicted molar refractivity (Wildman–Crippen MR) is 77.3 cm³/mol. The number of fused-ring (bicyclic) bond motifs is 1. The number of aromatic nitrogens is 2. The number of nitrogens with zero attached hydrogens (tertiary/aromatic N) is 4. The zero-order valence-corrected chi connectivity index (χ0v) is 12.3. The van der Waals surface area contributed by atoms with Crippen LogP contribution >= 0.6 is 0 Å². The molecule has 0 saturated carbocycles. The minimum atomic E-state index is 0.295. The average Bonchev–Trinajstić information content (AvgIpc) is 3.09. The lowest BCUT2D eigenvalue weighted by Crippen LogP contribution is -2.40. The maximum atomic E-state index is 12.1. The molecule has 1 unspecified atom stereocenters. The van der Waals surface area contributed by atoms with E-state index in [-0.39, 0.29) is 0 Å². The van der Waals surface area contributed by atoms with Gasteiger partial charge in [0.15, 0.2) is 0 Å². The summed E-state index contributed by atoms with van der Waals surface area (Å²) in [6.45, 7) is 4.51. The van der Waals surface area contributed by atoms with Crippen molar-refractivity contribution < 1.29 is 4.79 Å². The fourth-order valence-electron chi connectivity index (χ4n) is 3.39. The van der Waals surface area contributed by atoms with Crippen LogP contribution in [0.15, 0.2) is 12.4 Å². The molecule has 0 radical (unpaired) electrons. The second-order valence-corrected chi connectivity index (χ2v) is 6.19. The van der Waals surface area contributed by atoms with E-state index in [0.29, 0.717) is 18.4 Å². The van der Waals surface area contributed by atoms with Gasteiger partial charge in [0.2, 0.25) is 5.91 Å². The molecular weight excluding hydrogens is 252 g/mol. The molecule has 1 atom stereocenters. The normalized spacial score (nSPS) is 22.3. The van der Waals surface area contributed by atoms with E-state index in [1.165, 1.54) is 25.1 Å². The van der Waals surface area contributed by atoms with Gasteiger partial charge >= 0.3 is 0 Å². The third kappa shape index (κ3) is 3.03. The highest BCUT2D eigenvalue weighted by molar-refractivity contribution is 5.78. The maximum Gasteiger partial charge on any atom is 0.236 e. The van der Waals surface area contributed by atoms with Crippen LogP contribution in [0, 0.1) is 5.92 Å². The Morgan fingerprint density at radius 2 is 2.25 bits per heavy atom. The fraction of sp³-hybridized carbons (Fsp3) is 0.733. The highest BCUT2D eigenvalue weighted by atomic mass is 16.2. The van der Waals surface area contributed by atoms with Gasteiger partial charge in [0, 0.05) is 45.0 Å². The van der Waals surface area contributed by atoms with Crippen LogP contribution in [0.2, 0.25) is 0 Å². The first-order valence-electron chi connectivity index (χ1n) is 7.68. The quantitative estimate of drug-likeness (QED) is 0.824. The molecule has 1 saturated heterocycles. The van der Waals surface area contributed by atoms with E-state index >= 15 is 0 Å². The Labute approximate surface area is 120 Å². The first-order valence-corrected chi connectivity index (χ1v) is 7.68. The van der Waals surface area contributed by atoms with Crippen LogP contribution in [-0.4, -0.2) is 58.5 Å². The van der Waals surface area contributed by atoms with Crippen molar-refractivity contribution in [1.29, 1.82) is 0 Å². The van der Waals surface area contributed by atoms with E-state index in [1.54, 1.807) is 0 Å². The molecule has 5 nitrogen and oxygen atoms in total. The van der Waals surface area contributed by atoms with Gasteiger partial charge in [0.05, 0.1) is 6.54 Å². The molecule has 20 heavy (non-hydrogen) atoms. The average molecular weight is 276 g/mol. The van der Waals surface area contributed by atoms with E-state index in [2.05, 4.69) is 27.7 Å². The van der Waals surface area contributed by atoms with Crippen molar-refractivity contribution in [1.82, 2.24) is 19.4 Å². The molecule has 0 aromatic carbocycles. The second-order valence-electron chi connectivity index (χ2n) is 6.19. The molecule has 3 heterocycles. The van der Waals surface area contributed by atoms with Crippen molar-refractivity contribution in [2.45, 2.75) is 32.2 Å². The second kappa shape index (κ2) is 5.95. The lowest BCUT2D eigenvalue weighted by atomic mass is 9.99. The molecule has 0 N–H and O–H groups in total. The zero-order valence-electron chi connectivity index (χ0n) is 12.3. The van der Waals surface area contributed by atoms with Gasteiger partial charge in [-0.15, -0.1) is 0 Å². The summed E-state index contributed by atoms with van der Waals surface area (Å²) in [4.78, 5) is 20.7. The summed E-state index contributed by atoms with van der Waals surface area (Å²) in [6.07, 6.45) is 8.53. The van der Waals surface area contributed by atoms with Crippen LogP contribution in [-0.2, 0) is 17.8 Å². The van der Waals surface area contributed by atoms with Gasteiger partial charge < -0.3 is 9.47 Å². The summed E-state index contributed by atoms with van der Waals surface area (Å²) in [7, 11) is 2.07. The standard InChI is InChI=1S/C15H24N4O/c1-17(12-15(20)18-7-2-3-8-18)10-13-4-5-14-16-6-9-19(14)11-13/h6,9,13H,2-5,7-8,10-12H2,1H3. The Balaban J connectivity index is 1.47. The van der Waals surface area contributed by atoms with Gasteiger partial charge in [-0.3, -0.25) is 9.69 Å². The summed E-state index contributed by atoms with van der Waals surface area (Å²) in [5.41, 5.74) is 0. The number of carbonyl (C=O) groups is 1. The van der Waals surface area contributed by atoms with Gasteiger partial charge in [-0.05, 0) is 32.2 Å². The third-order valence-electron chi connectivity index (χ3n) is 4.47. The third-order valence-corrected chi connectivity index (χ3v) is 4.47. The molecule has 2 aliphatic rings. The fourth-order valence-corrected chi connectivity index (χ4v) is 3.39. The SMILES string of the molecule is CN(CC(=O)N1CCCC1)CC1CCc2nccn2C1. The minimum absolute atomic E-state index is 0.295. The summed E-state index contributed by atoms with van der Waals surface area (Å²) in [5.74, 6) is 2.13. The molecule has 1 fully saturated rings. The van der Waals surface area contributed by atoms with Gasteiger partial charge in [-0.25, -0.2) is 4.98 Å². The molecule has 110 valence electrons. The number of likely N-dealkylation sites (N-methyl/N-ethyl adjacent to an activating group) is 1. The topological polar surface area (TPSA) is 41.4 Å². The first-order chi connectivity index (χ1) is 9.72. The molecule has 5 heteroatoms. The Morgan fingerprint density at radius 3 is 3.05 bits per heavy atom. The van der Waals surface area contributed by atoms with Crippen LogP contribution in [0.25, 0.3) is 0 Å². The van der Waals surface area contributed by atoms with Crippen molar-refractivity contribution in [3.05, 3.63) is 18.2 Å². The van der Waals surface area contributed by atoms with Crippen molar-refractivity contribution in [2.24, 2.45) is 5.92 Å². The lowest BCUT2D eigenvalue weighted by molar-refractivity contribution is -0.131. The summed E-state index contributed by atoms with van der Waals surface area (Å²) >= 11 is 0. The van der Waals surface area contributed by atoms with Crippen molar-refractivity contribution in [2.75, 3.05) is 33.2 Å². The number of amides is 1. The van der Waals surface area contributed by atoms with E-state index < -0.39 is 0 Å². The molecule has 1 aromatic heterocycles. The number of carbonyl (C=O) groups excluding carboxylic acids is 1. The Morgan fingerprint density at radius 1 is 1.45 bits per heavy atom. The van der Waals surface area contributed by atoms with Crippen LogP contribution in [0.3, 0.4) is 0 Å². The summed E-state index contributed by atoms with van der Waals surface area (Å²) in [5, 5.41) is 0. The monoisotopic (exact) mass is 276 g/mol. The molecule has 0 spiro atoms. The van der Waals surface area contributed by atoms with Crippen molar-refractivity contribution in [3.8, 4) is 0 Å². The zero-order chi connectivity index (χ0) is 13.9. The number of hydrogen-bond acceptors (Lipinski definition) is 3. The van der Waals surface area contributed by atoms with Crippen molar-refractivity contribution in [3.63, 3.8) is 0 Å². The largest absolute Gasteiger partial charge is 0.342 e.